The van der Waals surface area contributed by atoms with E-state index >= 15 is 0 Å². The number of fused-ring (bicyclic) bond motifs is 4. The molecule has 2 saturated carbocycles. The number of aliphatic hydroxyl groups is 1. The largest absolute Gasteiger partial charge is 0.482 e. The third-order valence-electron chi connectivity index (χ3n) is 11.0. The van der Waals surface area contributed by atoms with Gasteiger partial charge >= 0.3 is 17.6 Å². The van der Waals surface area contributed by atoms with Gasteiger partial charge in [-0.05, 0) is 67.7 Å². The molecule has 2 unspecified atom stereocenters. The van der Waals surface area contributed by atoms with Gasteiger partial charge in [0.25, 0.3) is 0 Å². The van der Waals surface area contributed by atoms with Crippen molar-refractivity contribution >= 4 is 23.5 Å². The first-order valence-corrected chi connectivity index (χ1v) is 15.7. The van der Waals surface area contributed by atoms with Gasteiger partial charge in [0.1, 0.15) is 28.8 Å². The number of rotatable bonds is 5. The molecule has 6 rings (SSSR count). The predicted octanol–water partition coefficient (Wildman–Crippen LogP) is 6.41. The summed E-state index contributed by atoms with van der Waals surface area (Å²) in [6, 6.07) is 11.7. The van der Waals surface area contributed by atoms with Gasteiger partial charge in [-0.15, -0.1) is 0 Å². The van der Waals surface area contributed by atoms with Gasteiger partial charge in [0, 0.05) is 42.3 Å². The molecule has 3 heterocycles. The molecule has 8 atom stereocenters. The van der Waals surface area contributed by atoms with Crippen molar-refractivity contribution in [3.8, 4) is 17.1 Å². The molecule has 2 aliphatic carbocycles. The van der Waals surface area contributed by atoms with Crippen LogP contribution in [0.1, 0.15) is 75.9 Å². The molecule has 2 aromatic heterocycles. The Morgan fingerprint density at radius 2 is 1.91 bits per heavy atom. The number of carbonyl (C=O) groups is 2. The fourth-order valence-corrected chi connectivity index (χ4v) is 8.73. The van der Waals surface area contributed by atoms with Gasteiger partial charge in [-0.25, -0.2) is 9.59 Å². The number of nitrogens with zero attached hydrogens (tertiary/aromatic N) is 1. The number of hydrogen-bond acceptors (Lipinski definition) is 9. The number of aliphatic hydroxyl groups excluding tert-OH is 1. The monoisotopic (exact) mass is 635 g/mol. The van der Waals surface area contributed by atoms with Crippen LogP contribution in [0, 0.1) is 28.6 Å². The molecule has 9 nitrogen and oxygen atoms in total. The van der Waals surface area contributed by atoms with E-state index in [1.54, 1.807) is 54.9 Å². The van der Waals surface area contributed by atoms with Gasteiger partial charge in [0.05, 0.1) is 23.3 Å². The highest BCUT2D eigenvalue weighted by Gasteiger charge is 2.70. The summed E-state index contributed by atoms with van der Waals surface area (Å²) in [5, 5.41) is 12.5. The van der Waals surface area contributed by atoms with Crippen LogP contribution in [-0.4, -0.2) is 40.3 Å². The van der Waals surface area contributed by atoms with Crippen LogP contribution >= 0.6 is 11.6 Å². The molecule has 10 heteroatoms. The van der Waals surface area contributed by atoms with E-state index in [0.29, 0.717) is 12.0 Å². The molecular weight excluding hydrogens is 598 g/mol. The zero-order chi connectivity index (χ0) is 32.3. The average molecular weight is 636 g/mol. The predicted molar refractivity (Wildman–Crippen MR) is 166 cm³/mol. The smallest absolute Gasteiger partial charge is 0.345 e. The highest BCUT2D eigenvalue weighted by atomic mass is 35.5. The second-order valence-electron chi connectivity index (χ2n) is 13.5. The molecule has 1 aromatic carbocycles. The van der Waals surface area contributed by atoms with Gasteiger partial charge in [-0.3, -0.25) is 9.78 Å². The third kappa shape index (κ3) is 5.04. The number of pyridine rings is 1. The van der Waals surface area contributed by atoms with Crippen LogP contribution in [-0.2, 0) is 14.3 Å². The number of esters is 2. The Balaban J connectivity index is 1.50. The summed E-state index contributed by atoms with van der Waals surface area (Å²) in [4.78, 5) is 43.4. The first-order valence-electron chi connectivity index (χ1n) is 15.3. The lowest BCUT2D eigenvalue weighted by atomic mass is 9.41. The summed E-state index contributed by atoms with van der Waals surface area (Å²) in [5.74, 6) is -1.30. The van der Waals surface area contributed by atoms with Crippen molar-refractivity contribution in [1.29, 1.82) is 0 Å². The number of halogens is 1. The Morgan fingerprint density at radius 1 is 1.16 bits per heavy atom. The Kier molecular flexibility index (Phi) is 7.85. The van der Waals surface area contributed by atoms with E-state index in [1.165, 1.54) is 6.92 Å². The minimum atomic E-state index is -1.29. The first kappa shape index (κ1) is 31.3. The molecule has 3 aromatic rings. The van der Waals surface area contributed by atoms with Crippen molar-refractivity contribution < 1.29 is 33.3 Å². The summed E-state index contributed by atoms with van der Waals surface area (Å²) in [6.07, 6.45) is 2.93. The average Bonchev–Trinajstić information content (AvgIpc) is 2.99. The lowest BCUT2D eigenvalue weighted by molar-refractivity contribution is -0.257. The highest BCUT2D eigenvalue weighted by molar-refractivity contribution is 6.33. The molecule has 45 heavy (non-hydrogen) atoms. The number of aromatic nitrogens is 1. The molecular formula is C35H38ClNO8. The van der Waals surface area contributed by atoms with E-state index in [1.807, 2.05) is 6.92 Å². The second kappa shape index (κ2) is 11.3. The van der Waals surface area contributed by atoms with Crippen LogP contribution in [0.15, 0.2) is 64.1 Å². The molecule has 0 spiro atoms. The lowest BCUT2D eigenvalue weighted by Crippen LogP contribution is -2.70. The maximum Gasteiger partial charge on any atom is 0.345 e. The SMILES string of the molecule is CC(=O)OC[C@@]1(C)C2C[C@H](OC(=O)c3ccccc3Cl)[C@@]3(C)Oc4cc(-c5cccnc5)oc(=O)c4[C@H](O)C3[C@@]2(C)CC[C@@H]1C. The van der Waals surface area contributed by atoms with Gasteiger partial charge in [-0.1, -0.05) is 44.5 Å². The lowest BCUT2D eigenvalue weighted by Gasteiger charge is -2.66. The van der Waals surface area contributed by atoms with Crippen molar-refractivity contribution in [3.63, 3.8) is 0 Å². The zero-order valence-corrected chi connectivity index (χ0v) is 26.8. The Hall–Kier alpha value is -3.69. The van der Waals surface area contributed by atoms with Crippen LogP contribution < -0.4 is 10.4 Å². The van der Waals surface area contributed by atoms with Crippen molar-refractivity contribution in [1.82, 2.24) is 4.98 Å². The zero-order valence-electron chi connectivity index (χ0n) is 26.0. The van der Waals surface area contributed by atoms with E-state index in [4.69, 9.17) is 30.2 Å². The van der Waals surface area contributed by atoms with E-state index in [0.717, 1.165) is 12.8 Å². The molecule has 0 saturated heterocycles. The van der Waals surface area contributed by atoms with Crippen molar-refractivity contribution in [2.24, 2.45) is 28.6 Å². The van der Waals surface area contributed by atoms with Gasteiger partial charge in [-0.2, -0.15) is 0 Å². The number of benzene rings is 1. The summed E-state index contributed by atoms with van der Waals surface area (Å²) in [6.45, 7) is 9.74. The molecule has 3 aliphatic rings. The van der Waals surface area contributed by atoms with Crippen molar-refractivity contribution in [3.05, 3.63) is 81.4 Å². The third-order valence-corrected chi connectivity index (χ3v) is 11.3. The Bertz CT molecular complexity index is 1690. The summed E-state index contributed by atoms with van der Waals surface area (Å²) in [7, 11) is 0. The molecule has 1 N–H and O–H groups in total. The Morgan fingerprint density at radius 3 is 2.60 bits per heavy atom. The second-order valence-corrected chi connectivity index (χ2v) is 13.9. The summed E-state index contributed by atoms with van der Waals surface area (Å²) >= 11 is 6.39. The number of carbonyl (C=O) groups excluding carboxylic acids is 2. The topological polar surface area (TPSA) is 125 Å². The maximum atomic E-state index is 13.7. The van der Waals surface area contributed by atoms with Crippen LogP contribution in [0.25, 0.3) is 11.3 Å². The fraction of sp³-hybridized carbons (Fsp3) is 0.486. The minimum absolute atomic E-state index is 0.0310. The molecule has 0 bridgehead atoms. The van der Waals surface area contributed by atoms with E-state index < -0.39 is 46.2 Å². The number of ether oxygens (including phenoxy) is 3. The molecule has 0 radical (unpaired) electrons. The van der Waals surface area contributed by atoms with Crippen molar-refractivity contribution in [2.45, 2.75) is 71.7 Å². The van der Waals surface area contributed by atoms with E-state index in [9.17, 15) is 19.5 Å². The fourth-order valence-electron chi connectivity index (χ4n) is 8.52. The van der Waals surface area contributed by atoms with Crippen molar-refractivity contribution in [2.75, 3.05) is 6.61 Å². The van der Waals surface area contributed by atoms with Crippen LogP contribution in [0.2, 0.25) is 5.02 Å². The van der Waals surface area contributed by atoms with Crippen LogP contribution in [0.5, 0.6) is 5.75 Å². The molecule has 2 fully saturated rings. The maximum absolute atomic E-state index is 13.7. The van der Waals surface area contributed by atoms with Crippen LogP contribution in [0.4, 0.5) is 0 Å². The van der Waals surface area contributed by atoms with Crippen LogP contribution in [0.3, 0.4) is 0 Å². The standard InChI is InChI=1S/C35H38ClNO8/c1-19-12-13-33(3)26(34(19,4)18-42-20(2)38)16-27(44-31(40)22-10-6-7-11-23(22)36)35(5)30(33)29(39)28-25(45-35)15-24(43-32(28)41)21-9-8-14-37-17-21/h6-11,14-15,17,19,26-27,29-30,39H,12-13,16,18H2,1-5H3/t19-,26?,27-,29-,30?,33-,34+,35+/m0/s1. The van der Waals surface area contributed by atoms with E-state index in [2.05, 4.69) is 25.8 Å². The molecule has 1 aliphatic heterocycles. The molecule has 0 amide bonds. The van der Waals surface area contributed by atoms with Gasteiger partial charge in [0.15, 0.2) is 0 Å². The summed E-state index contributed by atoms with van der Waals surface area (Å²) < 4.78 is 24.4. The highest BCUT2D eigenvalue weighted by Crippen LogP contribution is 2.68. The van der Waals surface area contributed by atoms with Gasteiger partial charge in [0.2, 0.25) is 0 Å². The molecule has 238 valence electrons. The number of hydrogen-bond donors (Lipinski definition) is 1. The quantitative estimate of drug-likeness (QED) is 0.317. The Labute approximate surface area is 266 Å². The van der Waals surface area contributed by atoms with E-state index in [-0.39, 0.29) is 52.1 Å². The van der Waals surface area contributed by atoms with Gasteiger partial charge < -0.3 is 23.7 Å². The normalized spacial score (nSPS) is 33.5. The summed E-state index contributed by atoms with van der Waals surface area (Å²) in [5.41, 5.74) is -2.27. The minimum Gasteiger partial charge on any atom is -0.482 e. The first-order chi connectivity index (χ1) is 21.3.